The van der Waals surface area contributed by atoms with E-state index >= 15 is 0 Å². The van der Waals surface area contributed by atoms with Crippen LogP contribution in [0.15, 0.2) is 66.0 Å². The van der Waals surface area contributed by atoms with Crippen LogP contribution in [-0.2, 0) is 6.54 Å². The monoisotopic (exact) mass is 490 g/mol. The summed E-state index contributed by atoms with van der Waals surface area (Å²) in [6.45, 7) is 1.88. The SMILES string of the molecule is c1cc(-c2ccoc2)c2nc(-c3n[nH]c4cnc(-c5cncc(CNCC6CCCC6)c5)cc34)[nH]c2n1. The summed E-state index contributed by atoms with van der Waals surface area (Å²) in [6.07, 6.45) is 16.1. The lowest BCUT2D eigenvalue weighted by Gasteiger charge is -2.11. The van der Waals surface area contributed by atoms with Crippen LogP contribution in [0.5, 0.6) is 0 Å². The number of nitrogens with one attached hydrogen (secondary N) is 3. The number of hydrogen-bond acceptors (Lipinski definition) is 7. The Morgan fingerprint density at radius 2 is 1.97 bits per heavy atom. The highest BCUT2D eigenvalue weighted by Gasteiger charge is 2.18. The summed E-state index contributed by atoms with van der Waals surface area (Å²) in [5.74, 6) is 1.45. The van der Waals surface area contributed by atoms with Crippen molar-refractivity contribution in [1.29, 1.82) is 0 Å². The molecule has 0 aromatic carbocycles. The zero-order chi connectivity index (χ0) is 24.6. The van der Waals surface area contributed by atoms with Crippen molar-refractivity contribution >= 4 is 22.1 Å². The fourth-order valence-electron chi connectivity index (χ4n) is 5.29. The van der Waals surface area contributed by atoms with E-state index < -0.39 is 0 Å². The molecule has 3 N–H and O–H groups in total. The first kappa shape index (κ1) is 21.9. The Hall–Kier alpha value is -4.37. The van der Waals surface area contributed by atoms with Crippen molar-refractivity contribution in [2.45, 2.75) is 32.2 Å². The highest BCUT2D eigenvalue weighted by molar-refractivity contribution is 5.96. The van der Waals surface area contributed by atoms with E-state index in [1.807, 2.05) is 36.8 Å². The second-order valence-corrected chi connectivity index (χ2v) is 9.70. The van der Waals surface area contributed by atoms with Gasteiger partial charge in [0, 0.05) is 47.2 Å². The molecule has 0 saturated heterocycles. The normalized spacial score (nSPS) is 14.3. The molecule has 0 spiro atoms. The van der Waals surface area contributed by atoms with E-state index in [9.17, 15) is 0 Å². The van der Waals surface area contributed by atoms with Gasteiger partial charge in [0.1, 0.15) is 11.2 Å². The molecule has 0 atom stereocenters. The number of nitrogens with zero attached hydrogens (tertiary/aromatic N) is 5. The van der Waals surface area contributed by atoms with Crippen molar-refractivity contribution in [3.63, 3.8) is 0 Å². The summed E-state index contributed by atoms with van der Waals surface area (Å²) in [7, 11) is 0. The predicted molar refractivity (Wildman–Crippen MR) is 141 cm³/mol. The van der Waals surface area contributed by atoms with Crippen molar-refractivity contribution in [2.24, 2.45) is 5.92 Å². The quantitative estimate of drug-likeness (QED) is 0.270. The minimum atomic E-state index is 0.643. The molecule has 37 heavy (non-hydrogen) atoms. The van der Waals surface area contributed by atoms with E-state index in [0.29, 0.717) is 11.5 Å². The van der Waals surface area contributed by atoms with E-state index in [1.165, 1.54) is 25.7 Å². The number of aromatic nitrogens is 7. The minimum absolute atomic E-state index is 0.643. The molecule has 6 aromatic heterocycles. The van der Waals surface area contributed by atoms with Gasteiger partial charge in [-0.2, -0.15) is 5.10 Å². The van der Waals surface area contributed by atoms with Gasteiger partial charge in [-0.25, -0.2) is 9.97 Å². The second-order valence-electron chi connectivity index (χ2n) is 9.70. The van der Waals surface area contributed by atoms with Crippen LogP contribution in [0.4, 0.5) is 0 Å². The third kappa shape index (κ3) is 4.17. The largest absolute Gasteiger partial charge is 0.472 e. The van der Waals surface area contributed by atoms with Gasteiger partial charge in [0.2, 0.25) is 0 Å². The minimum Gasteiger partial charge on any atom is -0.472 e. The fraction of sp³-hybridized carbons (Fsp3) is 0.250. The topological polar surface area (TPSA) is 121 Å². The average Bonchev–Trinajstić information content (AvgIpc) is 3.74. The maximum absolute atomic E-state index is 5.27. The third-order valence-electron chi connectivity index (χ3n) is 7.22. The van der Waals surface area contributed by atoms with Gasteiger partial charge in [0.05, 0.1) is 29.9 Å². The van der Waals surface area contributed by atoms with Crippen LogP contribution in [0.3, 0.4) is 0 Å². The van der Waals surface area contributed by atoms with Crippen molar-refractivity contribution in [1.82, 2.24) is 40.4 Å². The zero-order valence-electron chi connectivity index (χ0n) is 20.2. The number of H-pyrrole nitrogens is 2. The maximum Gasteiger partial charge on any atom is 0.160 e. The lowest BCUT2D eigenvalue weighted by Crippen LogP contribution is -2.20. The van der Waals surface area contributed by atoms with Crippen LogP contribution in [0.2, 0.25) is 0 Å². The van der Waals surface area contributed by atoms with Gasteiger partial charge in [-0.3, -0.25) is 15.1 Å². The Balaban J connectivity index is 1.20. The number of pyridine rings is 3. The molecule has 6 aromatic rings. The number of imidazole rings is 1. The summed E-state index contributed by atoms with van der Waals surface area (Å²) in [6, 6.07) is 8.05. The van der Waals surface area contributed by atoms with E-state index in [2.05, 4.69) is 41.5 Å². The third-order valence-corrected chi connectivity index (χ3v) is 7.22. The Labute approximate surface area is 212 Å². The van der Waals surface area contributed by atoms with E-state index in [4.69, 9.17) is 9.40 Å². The number of fused-ring (bicyclic) bond motifs is 2. The molecule has 6 heterocycles. The van der Waals surface area contributed by atoms with Crippen molar-refractivity contribution in [2.75, 3.05) is 6.54 Å². The standard InChI is InChI=1S/C28H26N8O/c1-2-4-17(3-1)11-29-12-18-9-20(14-30-13-18)23-10-22-24(15-32-23)35-36-26(22)28-33-25-21(19-6-8-37-16-19)5-7-31-27(25)34-28/h5-10,13-17,29H,1-4,11-12H2,(H,35,36)(H,31,33,34). The number of furan rings is 1. The summed E-state index contributed by atoms with van der Waals surface area (Å²) >= 11 is 0. The van der Waals surface area contributed by atoms with Crippen molar-refractivity contribution in [3.05, 3.63) is 67.1 Å². The highest BCUT2D eigenvalue weighted by atomic mass is 16.3. The highest BCUT2D eigenvalue weighted by Crippen LogP contribution is 2.32. The molecule has 1 aliphatic rings. The van der Waals surface area contributed by atoms with E-state index in [1.54, 1.807) is 18.7 Å². The van der Waals surface area contributed by atoms with E-state index in [-0.39, 0.29) is 0 Å². The molecule has 1 aliphatic carbocycles. The summed E-state index contributed by atoms with van der Waals surface area (Å²) in [4.78, 5) is 21.8. The van der Waals surface area contributed by atoms with Crippen LogP contribution < -0.4 is 5.32 Å². The molecule has 0 aliphatic heterocycles. The predicted octanol–water partition coefficient (Wildman–Crippen LogP) is 5.50. The van der Waals surface area contributed by atoms with Gasteiger partial charge >= 0.3 is 0 Å². The van der Waals surface area contributed by atoms with Crippen LogP contribution in [-0.4, -0.2) is 41.7 Å². The van der Waals surface area contributed by atoms with Gasteiger partial charge in [0.15, 0.2) is 11.5 Å². The first-order chi connectivity index (χ1) is 18.3. The van der Waals surface area contributed by atoms with Crippen LogP contribution in [0.1, 0.15) is 31.2 Å². The van der Waals surface area contributed by atoms with Gasteiger partial charge in [-0.1, -0.05) is 12.8 Å². The number of aromatic amines is 2. The molecule has 0 amide bonds. The second kappa shape index (κ2) is 9.25. The molecule has 1 saturated carbocycles. The molecule has 9 nitrogen and oxygen atoms in total. The molecule has 0 radical (unpaired) electrons. The molecule has 0 unspecified atom stereocenters. The molecule has 1 fully saturated rings. The lowest BCUT2D eigenvalue weighted by molar-refractivity contribution is 0.489. The van der Waals surface area contributed by atoms with Crippen molar-refractivity contribution in [3.8, 4) is 33.9 Å². The number of hydrogen-bond donors (Lipinski definition) is 3. The van der Waals surface area contributed by atoms with Crippen LogP contribution in [0.25, 0.3) is 56.0 Å². The molecule has 7 rings (SSSR count). The molecule has 9 heteroatoms. The first-order valence-corrected chi connectivity index (χ1v) is 12.7. The smallest absolute Gasteiger partial charge is 0.160 e. The summed E-state index contributed by atoms with van der Waals surface area (Å²) in [5.41, 5.74) is 7.90. The molecular weight excluding hydrogens is 464 g/mol. The van der Waals surface area contributed by atoms with Gasteiger partial charge in [-0.05, 0) is 55.1 Å². The fourth-order valence-corrected chi connectivity index (χ4v) is 5.29. The molecule has 184 valence electrons. The Bertz CT molecular complexity index is 1680. The lowest BCUT2D eigenvalue weighted by atomic mass is 10.1. The summed E-state index contributed by atoms with van der Waals surface area (Å²) < 4.78 is 5.27. The van der Waals surface area contributed by atoms with Crippen molar-refractivity contribution < 1.29 is 4.42 Å². The Morgan fingerprint density at radius 3 is 2.86 bits per heavy atom. The Kier molecular flexibility index (Phi) is 5.47. The van der Waals surface area contributed by atoms with E-state index in [0.717, 1.165) is 69.1 Å². The molecular formula is C28H26N8O. The zero-order valence-corrected chi connectivity index (χ0v) is 20.2. The Morgan fingerprint density at radius 1 is 1.03 bits per heavy atom. The average molecular weight is 491 g/mol. The number of rotatable bonds is 7. The van der Waals surface area contributed by atoms with Crippen LogP contribution >= 0.6 is 0 Å². The van der Waals surface area contributed by atoms with Gasteiger partial charge in [-0.15, -0.1) is 0 Å². The maximum atomic E-state index is 5.27. The van der Waals surface area contributed by atoms with Gasteiger partial charge in [0.25, 0.3) is 0 Å². The van der Waals surface area contributed by atoms with Crippen LogP contribution in [0, 0.1) is 5.92 Å². The molecule has 0 bridgehead atoms. The summed E-state index contributed by atoms with van der Waals surface area (Å²) in [5, 5.41) is 12.2. The first-order valence-electron chi connectivity index (χ1n) is 12.7. The van der Waals surface area contributed by atoms with Gasteiger partial charge < -0.3 is 14.7 Å².